The van der Waals surface area contributed by atoms with Gasteiger partial charge < -0.3 is 15.3 Å². The Morgan fingerprint density at radius 3 is 2.29 bits per heavy atom. The van der Waals surface area contributed by atoms with E-state index < -0.39 is 18.0 Å². The molecule has 4 aliphatic carbocycles. The minimum atomic E-state index is -0.769. The molecular weight excluding hydrogens is 436 g/mol. The van der Waals surface area contributed by atoms with Crippen LogP contribution < -0.4 is 0 Å². The fourth-order valence-corrected chi connectivity index (χ4v) is 9.58. The van der Waals surface area contributed by atoms with Crippen LogP contribution >= 0.6 is 0 Å². The summed E-state index contributed by atoms with van der Waals surface area (Å²) in [5.41, 5.74) is 3.78. The van der Waals surface area contributed by atoms with Crippen molar-refractivity contribution in [2.75, 3.05) is 0 Å². The second kappa shape index (κ2) is 8.72. The highest BCUT2D eigenvalue weighted by Crippen LogP contribution is 2.72. The number of hydrogen-bond acceptors (Lipinski definition) is 3. The first kappa shape index (κ1) is 26.9. The van der Waals surface area contributed by atoms with Crippen LogP contribution in [-0.4, -0.2) is 33.5 Å². The highest BCUT2D eigenvalue weighted by molar-refractivity contribution is 5.71. The first-order valence-corrected chi connectivity index (χ1v) is 14.1. The Hall–Kier alpha value is -1.13. The van der Waals surface area contributed by atoms with Gasteiger partial charge in [0, 0.05) is 5.92 Å². The maximum absolute atomic E-state index is 12.6. The van der Waals surface area contributed by atoms with Gasteiger partial charge in [0.1, 0.15) is 0 Å². The van der Waals surface area contributed by atoms with Gasteiger partial charge in [0.25, 0.3) is 0 Å². The number of aliphatic carboxylic acids is 1. The van der Waals surface area contributed by atoms with E-state index >= 15 is 0 Å². The fraction of sp³-hybridized carbons (Fsp3) is 0.839. The van der Waals surface area contributed by atoms with Gasteiger partial charge >= 0.3 is 5.97 Å². The average molecular weight is 487 g/mol. The molecule has 4 rings (SSSR count). The van der Waals surface area contributed by atoms with E-state index in [0.29, 0.717) is 31.1 Å². The normalized spacial score (nSPS) is 43.4. The van der Waals surface area contributed by atoms with Crippen LogP contribution in [0.2, 0.25) is 0 Å². The van der Waals surface area contributed by atoms with E-state index in [1.807, 2.05) is 0 Å². The minimum absolute atomic E-state index is 0.0882. The molecule has 0 aromatic carbocycles. The molecule has 35 heavy (non-hydrogen) atoms. The van der Waals surface area contributed by atoms with Gasteiger partial charge in [-0.3, -0.25) is 4.79 Å². The summed E-state index contributed by atoms with van der Waals surface area (Å²) < 4.78 is 0. The van der Waals surface area contributed by atoms with Gasteiger partial charge in [-0.2, -0.15) is 0 Å². The average Bonchev–Trinajstić information content (AvgIpc) is 2.97. The molecule has 0 heterocycles. The van der Waals surface area contributed by atoms with Gasteiger partial charge in [-0.1, -0.05) is 71.8 Å². The third-order valence-electron chi connectivity index (χ3n) is 12.1. The first-order chi connectivity index (χ1) is 16.1. The van der Waals surface area contributed by atoms with Gasteiger partial charge in [-0.05, 0) is 91.3 Å². The lowest BCUT2D eigenvalue weighted by Gasteiger charge is -2.62. The third-order valence-corrected chi connectivity index (χ3v) is 12.1. The Morgan fingerprint density at radius 2 is 1.69 bits per heavy atom. The lowest BCUT2D eigenvalue weighted by atomic mass is 9.43. The maximum atomic E-state index is 12.6. The van der Waals surface area contributed by atoms with Crippen molar-refractivity contribution in [2.24, 2.45) is 45.3 Å². The fourth-order valence-electron chi connectivity index (χ4n) is 9.58. The number of aliphatic hydroxyl groups excluding tert-OH is 2. The van der Waals surface area contributed by atoms with Gasteiger partial charge in [0.2, 0.25) is 0 Å². The molecule has 0 aromatic heterocycles. The highest BCUT2D eigenvalue weighted by Gasteiger charge is 2.66. The molecule has 198 valence electrons. The number of hydrogen-bond donors (Lipinski definition) is 3. The Kier molecular flexibility index (Phi) is 6.71. The molecule has 2 saturated carbocycles. The second-order valence-electron chi connectivity index (χ2n) is 14.2. The topological polar surface area (TPSA) is 77.8 Å². The predicted octanol–water partition coefficient (Wildman–Crippen LogP) is 6.76. The summed E-state index contributed by atoms with van der Waals surface area (Å²) in [6, 6.07) is 0. The van der Waals surface area contributed by atoms with Crippen molar-refractivity contribution in [2.45, 2.75) is 118 Å². The molecule has 4 heteroatoms. The van der Waals surface area contributed by atoms with Crippen LogP contribution in [0.15, 0.2) is 23.3 Å². The van der Waals surface area contributed by atoms with E-state index in [0.717, 1.165) is 44.1 Å². The first-order valence-electron chi connectivity index (χ1n) is 14.1. The summed E-state index contributed by atoms with van der Waals surface area (Å²) >= 11 is 0. The number of aliphatic hydroxyl groups is 2. The molecule has 2 fully saturated rings. The molecule has 0 radical (unpaired) electrons. The third kappa shape index (κ3) is 3.79. The van der Waals surface area contributed by atoms with Crippen molar-refractivity contribution >= 4 is 5.97 Å². The monoisotopic (exact) mass is 486 g/mol. The van der Waals surface area contributed by atoms with Gasteiger partial charge in [0.05, 0.1) is 18.1 Å². The van der Waals surface area contributed by atoms with Crippen LogP contribution in [0.1, 0.15) is 106 Å². The zero-order valence-corrected chi connectivity index (χ0v) is 23.3. The molecule has 4 aliphatic rings. The van der Waals surface area contributed by atoms with Crippen molar-refractivity contribution in [3.63, 3.8) is 0 Å². The highest BCUT2D eigenvalue weighted by atomic mass is 16.4. The van der Waals surface area contributed by atoms with Crippen LogP contribution in [0.25, 0.3) is 0 Å². The van der Waals surface area contributed by atoms with Crippen molar-refractivity contribution in [3.8, 4) is 0 Å². The zero-order chi connectivity index (χ0) is 26.1. The Labute approximate surface area is 213 Å². The van der Waals surface area contributed by atoms with E-state index in [1.54, 1.807) is 5.57 Å². The Balaban J connectivity index is 1.71. The van der Waals surface area contributed by atoms with E-state index in [2.05, 4.69) is 55.0 Å². The van der Waals surface area contributed by atoms with Crippen LogP contribution in [-0.2, 0) is 4.79 Å². The van der Waals surface area contributed by atoms with Crippen LogP contribution in [0.5, 0.6) is 0 Å². The molecule has 0 aromatic rings. The maximum Gasteiger partial charge on any atom is 0.306 e. The zero-order valence-electron chi connectivity index (χ0n) is 23.3. The lowest BCUT2D eigenvalue weighted by molar-refractivity contribution is -0.149. The van der Waals surface area contributed by atoms with E-state index in [-0.39, 0.29) is 33.7 Å². The molecule has 4 nitrogen and oxygen atoms in total. The number of allylic oxidation sites excluding steroid dienone is 3. The number of rotatable bonds is 6. The molecule has 0 amide bonds. The van der Waals surface area contributed by atoms with Crippen molar-refractivity contribution in [3.05, 3.63) is 23.3 Å². The Bertz CT molecular complexity index is 915. The van der Waals surface area contributed by atoms with E-state index in [9.17, 15) is 20.1 Å². The molecule has 0 aliphatic heterocycles. The van der Waals surface area contributed by atoms with Gasteiger partial charge in [0.15, 0.2) is 0 Å². The lowest BCUT2D eigenvalue weighted by Crippen LogP contribution is -2.55. The summed E-state index contributed by atoms with van der Waals surface area (Å²) in [6.07, 6.45) is 6.95. The van der Waals surface area contributed by atoms with Crippen molar-refractivity contribution in [1.82, 2.24) is 0 Å². The number of carboxylic acids is 1. The number of carbonyl (C=O) groups is 1. The molecule has 1 unspecified atom stereocenters. The van der Waals surface area contributed by atoms with Crippen LogP contribution in [0.3, 0.4) is 0 Å². The second-order valence-corrected chi connectivity index (χ2v) is 14.2. The van der Waals surface area contributed by atoms with E-state index in [1.165, 1.54) is 5.57 Å². The van der Waals surface area contributed by atoms with Crippen molar-refractivity contribution in [1.29, 1.82) is 0 Å². The summed E-state index contributed by atoms with van der Waals surface area (Å²) in [5.74, 6) is -0.759. The van der Waals surface area contributed by atoms with Crippen LogP contribution in [0, 0.1) is 45.3 Å². The molecule has 0 bridgehead atoms. The quantitative estimate of drug-likeness (QED) is 0.362. The molecular formula is C31H50O4. The number of fused-ring (bicyclic) bond motifs is 4. The molecule has 0 saturated heterocycles. The molecule has 3 N–H and O–H groups in total. The summed E-state index contributed by atoms with van der Waals surface area (Å²) in [4.78, 5) is 12.6. The molecule has 0 spiro atoms. The Morgan fingerprint density at radius 1 is 1.03 bits per heavy atom. The van der Waals surface area contributed by atoms with Crippen molar-refractivity contribution < 1.29 is 20.1 Å². The molecule has 8 atom stereocenters. The van der Waals surface area contributed by atoms with E-state index in [4.69, 9.17) is 0 Å². The summed E-state index contributed by atoms with van der Waals surface area (Å²) in [7, 11) is 0. The standard InChI is InChI=1S/C31H50O4/c1-18(2)19(3)9-10-20(27(34)35)26-23(32)17-31(8)22-11-12-24-28(4,5)25(33)14-15-29(24,6)21(22)13-16-30(26,31)7/h18,20,23-26,32-33H,3,9-17H2,1-2,4-8H3,(H,34,35)/t20-,23-,24+,25?,26+,29-,30-,31+/m1/s1. The predicted molar refractivity (Wildman–Crippen MR) is 141 cm³/mol. The van der Waals surface area contributed by atoms with Crippen LogP contribution in [0.4, 0.5) is 0 Å². The smallest absolute Gasteiger partial charge is 0.306 e. The minimum Gasteiger partial charge on any atom is -0.481 e. The number of carboxylic acid groups (broad SMARTS) is 1. The SMILES string of the molecule is C=C(CC[C@@H](C(=O)O)[C@H]1[C@H](O)C[C@@]2(C)C3=C(CC[C@]12C)[C@@]1(C)CCC(O)C(C)(C)[C@@H]1CC3)C(C)C. The van der Waals surface area contributed by atoms with Gasteiger partial charge in [-0.15, -0.1) is 0 Å². The summed E-state index contributed by atoms with van der Waals surface area (Å²) in [5, 5.41) is 32.7. The largest absolute Gasteiger partial charge is 0.481 e. The summed E-state index contributed by atoms with van der Waals surface area (Å²) in [6.45, 7) is 20.0. The van der Waals surface area contributed by atoms with Gasteiger partial charge in [-0.25, -0.2) is 0 Å².